The minimum absolute atomic E-state index is 0.0482. The molecule has 0 atom stereocenters. The molecular weight excluding hydrogens is 633 g/mol. The van der Waals surface area contributed by atoms with Crippen molar-refractivity contribution >= 4 is 23.9 Å². The summed E-state index contributed by atoms with van der Waals surface area (Å²) in [5, 5.41) is 0. The maximum Gasteiger partial charge on any atom is 0.422 e. The van der Waals surface area contributed by atoms with E-state index in [1.165, 1.54) is 42.5 Å². The van der Waals surface area contributed by atoms with Crippen LogP contribution in [-0.2, 0) is 14.3 Å². The van der Waals surface area contributed by atoms with E-state index in [0.717, 1.165) is 16.7 Å². The molecule has 0 aliphatic heterocycles. The normalized spacial score (nSPS) is 10.9. The minimum atomic E-state index is -4.96. The van der Waals surface area contributed by atoms with E-state index >= 15 is 0 Å². The molecule has 0 fully saturated rings. The Labute approximate surface area is 273 Å². The molecule has 4 aromatic rings. The van der Waals surface area contributed by atoms with Crippen molar-refractivity contribution in [1.29, 1.82) is 0 Å². The first-order valence-electron chi connectivity index (χ1n) is 14.4. The maximum absolute atomic E-state index is 12.8. The summed E-state index contributed by atoms with van der Waals surface area (Å²) in [6.45, 7) is 5.24. The van der Waals surface area contributed by atoms with Gasteiger partial charge in [0.05, 0.1) is 17.7 Å². The van der Waals surface area contributed by atoms with Crippen molar-refractivity contribution in [3.63, 3.8) is 0 Å². The third-order valence-electron chi connectivity index (χ3n) is 6.63. The highest BCUT2D eigenvalue weighted by Crippen LogP contribution is 2.27. The Bertz CT molecular complexity index is 1790. The van der Waals surface area contributed by atoms with Crippen LogP contribution in [0.4, 0.5) is 13.2 Å². The lowest BCUT2D eigenvalue weighted by molar-refractivity contribution is -0.151. The van der Waals surface area contributed by atoms with E-state index in [-0.39, 0.29) is 35.0 Å². The second-order valence-corrected chi connectivity index (χ2v) is 10.1. The molecule has 0 aromatic heterocycles. The number of halogens is 3. The summed E-state index contributed by atoms with van der Waals surface area (Å²) >= 11 is 0. The van der Waals surface area contributed by atoms with Crippen LogP contribution in [0.15, 0.2) is 103 Å². The summed E-state index contributed by atoms with van der Waals surface area (Å²) < 4.78 is 63.3. The lowest BCUT2D eigenvalue weighted by Crippen LogP contribution is -2.23. The van der Waals surface area contributed by atoms with Gasteiger partial charge in [-0.3, -0.25) is 0 Å². The second-order valence-electron chi connectivity index (χ2n) is 10.1. The largest absolute Gasteiger partial charge is 0.493 e. The molecule has 0 aliphatic rings. The summed E-state index contributed by atoms with van der Waals surface area (Å²) in [6.07, 6.45) is -4.96. The SMILES string of the molecule is C=C(C(=O)OCCOC(=O)c1cc(OC(=O)c2ccc(OC(=O)c3ccc(-c4ccc(C)cc4)cc3)cc2)ccc1OCC)C(F)(F)F. The van der Waals surface area contributed by atoms with Gasteiger partial charge in [0.15, 0.2) is 0 Å². The number of carbonyl (C=O) groups excluding carboxylic acids is 4. The zero-order valence-corrected chi connectivity index (χ0v) is 25.8. The Balaban J connectivity index is 1.34. The van der Waals surface area contributed by atoms with Crippen molar-refractivity contribution in [2.75, 3.05) is 19.8 Å². The van der Waals surface area contributed by atoms with Crippen LogP contribution < -0.4 is 14.2 Å². The topological polar surface area (TPSA) is 114 Å². The molecule has 0 N–H and O–H groups in total. The van der Waals surface area contributed by atoms with E-state index in [2.05, 4.69) is 11.3 Å². The van der Waals surface area contributed by atoms with E-state index in [1.807, 2.05) is 43.3 Å². The smallest absolute Gasteiger partial charge is 0.422 e. The highest BCUT2D eigenvalue weighted by molar-refractivity contribution is 5.95. The first kappa shape index (κ1) is 35.0. The summed E-state index contributed by atoms with van der Waals surface area (Å²) in [5.74, 6) is -3.82. The van der Waals surface area contributed by atoms with Crippen molar-refractivity contribution in [2.45, 2.75) is 20.0 Å². The Morgan fingerprint density at radius 2 is 1.17 bits per heavy atom. The van der Waals surface area contributed by atoms with Gasteiger partial charge in [0.1, 0.15) is 41.6 Å². The van der Waals surface area contributed by atoms with Gasteiger partial charge in [-0.25, -0.2) is 19.2 Å². The number of carbonyl (C=O) groups is 4. The first-order valence-corrected chi connectivity index (χ1v) is 14.4. The van der Waals surface area contributed by atoms with Gasteiger partial charge >= 0.3 is 30.1 Å². The van der Waals surface area contributed by atoms with Crippen LogP contribution in [0.1, 0.15) is 43.6 Å². The zero-order chi connectivity index (χ0) is 34.8. The molecule has 0 aliphatic carbocycles. The maximum atomic E-state index is 12.8. The minimum Gasteiger partial charge on any atom is -0.493 e. The van der Waals surface area contributed by atoms with Crippen molar-refractivity contribution < 1.29 is 56.0 Å². The molecule has 0 heterocycles. The Morgan fingerprint density at radius 3 is 1.73 bits per heavy atom. The first-order chi connectivity index (χ1) is 22.8. The Kier molecular flexibility index (Phi) is 11.4. The number of benzene rings is 4. The van der Waals surface area contributed by atoms with Crippen molar-refractivity contribution in [2.24, 2.45) is 0 Å². The van der Waals surface area contributed by atoms with E-state index in [0.29, 0.717) is 5.56 Å². The van der Waals surface area contributed by atoms with Crippen LogP contribution in [0.5, 0.6) is 17.2 Å². The Morgan fingerprint density at radius 1 is 0.667 bits per heavy atom. The lowest BCUT2D eigenvalue weighted by atomic mass is 10.0. The fourth-order valence-electron chi connectivity index (χ4n) is 4.10. The summed E-state index contributed by atoms with van der Waals surface area (Å²) in [6, 6.07) is 24.5. The third kappa shape index (κ3) is 9.32. The molecule has 9 nitrogen and oxygen atoms in total. The summed E-state index contributed by atoms with van der Waals surface area (Å²) in [7, 11) is 0. The highest BCUT2D eigenvalue weighted by Gasteiger charge is 2.38. The van der Waals surface area contributed by atoms with Gasteiger partial charge in [-0.2, -0.15) is 13.2 Å². The molecule has 0 amide bonds. The van der Waals surface area contributed by atoms with Crippen molar-refractivity contribution in [1.82, 2.24) is 0 Å². The molecule has 0 unspecified atom stereocenters. The van der Waals surface area contributed by atoms with Crippen LogP contribution in [0.25, 0.3) is 11.1 Å². The van der Waals surface area contributed by atoms with E-state index in [1.54, 1.807) is 19.1 Å². The average molecular weight is 663 g/mol. The Hall–Kier alpha value is -5.91. The van der Waals surface area contributed by atoms with Crippen LogP contribution in [-0.4, -0.2) is 49.9 Å². The molecular formula is C36H29F3O9. The standard InChI is InChI=1S/C36H29F3O9/c1-4-44-31-18-17-29(21-30(31)35(43)46-20-19-45-32(40)23(3)36(37,38)39)48-34(42)27-13-15-28(16-14-27)47-33(41)26-11-9-25(10-12-26)24-7-5-22(2)6-8-24/h5-18,21H,3-4,19-20H2,1-2H3. The number of rotatable bonds is 12. The molecule has 0 saturated heterocycles. The van der Waals surface area contributed by atoms with Crippen LogP contribution in [0, 0.1) is 6.92 Å². The summed E-state index contributed by atoms with van der Waals surface area (Å²) in [4.78, 5) is 49.6. The molecule has 48 heavy (non-hydrogen) atoms. The fourth-order valence-corrected chi connectivity index (χ4v) is 4.10. The van der Waals surface area contributed by atoms with Gasteiger partial charge in [0.2, 0.25) is 0 Å². The molecule has 248 valence electrons. The van der Waals surface area contributed by atoms with Gasteiger partial charge in [-0.15, -0.1) is 0 Å². The van der Waals surface area contributed by atoms with E-state index < -0.39 is 48.8 Å². The molecule has 0 saturated carbocycles. The highest BCUT2D eigenvalue weighted by atomic mass is 19.4. The number of hydrogen-bond acceptors (Lipinski definition) is 9. The number of hydrogen-bond donors (Lipinski definition) is 0. The van der Waals surface area contributed by atoms with Gasteiger partial charge in [0.25, 0.3) is 0 Å². The van der Waals surface area contributed by atoms with Crippen LogP contribution >= 0.6 is 0 Å². The van der Waals surface area contributed by atoms with Gasteiger partial charge in [-0.1, -0.05) is 48.5 Å². The second kappa shape index (κ2) is 15.6. The zero-order valence-electron chi connectivity index (χ0n) is 25.8. The molecule has 0 spiro atoms. The predicted octanol–water partition coefficient (Wildman–Crippen LogP) is 7.32. The van der Waals surface area contributed by atoms with E-state index in [9.17, 15) is 32.3 Å². The monoisotopic (exact) mass is 662 g/mol. The molecule has 4 rings (SSSR count). The van der Waals surface area contributed by atoms with Crippen LogP contribution in [0.3, 0.4) is 0 Å². The molecule has 4 aromatic carbocycles. The molecule has 12 heteroatoms. The van der Waals surface area contributed by atoms with E-state index in [4.69, 9.17) is 18.9 Å². The fraction of sp³-hybridized carbons (Fsp3) is 0.167. The molecule has 0 radical (unpaired) electrons. The number of alkyl halides is 3. The van der Waals surface area contributed by atoms with Gasteiger partial charge < -0.3 is 23.7 Å². The quantitative estimate of drug-likeness (QED) is 0.0666. The van der Waals surface area contributed by atoms with Crippen molar-refractivity contribution in [3.05, 3.63) is 125 Å². The summed E-state index contributed by atoms with van der Waals surface area (Å²) in [5.41, 5.74) is 1.71. The number of esters is 4. The van der Waals surface area contributed by atoms with Gasteiger partial charge in [-0.05, 0) is 79.6 Å². The third-order valence-corrected chi connectivity index (χ3v) is 6.63. The number of ether oxygens (including phenoxy) is 5. The average Bonchev–Trinajstić information content (AvgIpc) is 3.07. The predicted molar refractivity (Wildman–Crippen MR) is 167 cm³/mol. The lowest BCUT2D eigenvalue weighted by Gasteiger charge is -2.13. The van der Waals surface area contributed by atoms with Crippen molar-refractivity contribution in [3.8, 4) is 28.4 Å². The van der Waals surface area contributed by atoms with Crippen LogP contribution in [0.2, 0.25) is 0 Å². The number of aryl methyl sites for hydroxylation is 1. The molecule has 0 bridgehead atoms. The van der Waals surface area contributed by atoms with Gasteiger partial charge in [0, 0.05) is 0 Å².